The van der Waals surface area contributed by atoms with Gasteiger partial charge in [0.1, 0.15) is 10.8 Å². The Morgan fingerprint density at radius 2 is 2.06 bits per heavy atom. The Kier molecular flexibility index (Phi) is 5.68. The number of aromatic nitrogens is 4. The molecule has 4 aromatic rings. The fourth-order valence-corrected chi connectivity index (χ4v) is 4.42. The number of nitrogens with zero attached hydrogens (tertiary/aromatic N) is 4. The Morgan fingerprint density at radius 3 is 2.81 bits per heavy atom. The van der Waals surface area contributed by atoms with E-state index >= 15 is 0 Å². The van der Waals surface area contributed by atoms with Crippen molar-refractivity contribution >= 4 is 51.6 Å². The Morgan fingerprint density at radius 1 is 1.26 bits per heavy atom. The van der Waals surface area contributed by atoms with Gasteiger partial charge in [-0.25, -0.2) is 4.98 Å². The number of amides is 1. The minimum atomic E-state index is 0. The lowest BCUT2D eigenvalue weighted by Crippen LogP contribution is -2.14. The number of aromatic amines is 1. The summed E-state index contributed by atoms with van der Waals surface area (Å²) in [5, 5.41) is 12.0. The summed E-state index contributed by atoms with van der Waals surface area (Å²) in [7, 11) is 3.92. The molecule has 3 heterocycles. The SMILES string of the molecule is C[C@@H]1C[C@H]1C(=O)Nc1snc(-c2ccc3[nH]ncc3c2)c1-c1cccc(N(C)C)n1.Cl. The molecule has 0 saturated heterocycles. The van der Waals surface area contributed by atoms with Gasteiger partial charge in [0.15, 0.2) is 0 Å². The molecule has 1 saturated carbocycles. The highest BCUT2D eigenvalue weighted by Gasteiger charge is 2.39. The van der Waals surface area contributed by atoms with E-state index in [1.54, 1.807) is 6.20 Å². The van der Waals surface area contributed by atoms with Crippen molar-refractivity contribution in [2.75, 3.05) is 24.3 Å². The molecule has 160 valence electrons. The van der Waals surface area contributed by atoms with Crippen LogP contribution in [0, 0.1) is 11.8 Å². The second kappa shape index (κ2) is 8.28. The Bertz CT molecular complexity index is 1250. The molecule has 9 heteroatoms. The number of hydrogen-bond donors (Lipinski definition) is 2. The zero-order valence-corrected chi connectivity index (χ0v) is 19.0. The number of anilines is 2. The largest absolute Gasteiger partial charge is 0.363 e. The minimum Gasteiger partial charge on any atom is -0.363 e. The van der Waals surface area contributed by atoms with Crippen molar-refractivity contribution in [2.45, 2.75) is 13.3 Å². The number of carbonyl (C=O) groups excluding carboxylic acids is 1. The molecule has 1 aliphatic rings. The van der Waals surface area contributed by atoms with Crippen molar-refractivity contribution in [3.8, 4) is 22.5 Å². The van der Waals surface area contributed by atoms with Crippen molar-refractivity contribution in [3.05, 3.63) is 42.6 Å². The quantitative estimate of drug-likeness (QED) is 0.451. The van der Waals surface area contributed by atoms with Crippen LogP contribution in [-0.2, 0) is 4.79 Å². The minimum absolute atomic E-state index is 0. The molecule has 0 radical (unpaired) electrons. The van der Waals surface area contributed by atoms with E-state index in [4.69, 9.17) is 9.36 Å². The fourth-order valence-electron chi connectivity index (χ4n) is 3.60. The molecule has 0 aliphatic heterocycles. The first-order valence-electron chi connectivity index (χ1n) is 9.90. The normalized spacial score (nSPS) is 17.3. The predicted octanol–water partition coefficient (Wildman–Crippen LogP) is 4.83. The second-order valence-corrected chi connectivity index (χ2v) is 8.76. The summed E-state index contributed by atoms with van der Waals surface area (Å²) in [6, 6.07) is 12.0. The zero-order chi connectivity index (χ0) is 20.8. The van der Waals surface area contributed by atoms with Crippen molar-refractivity contribution < 1.29 is 4.79 Å². The van der Waals surface area contributed by atoms with Crippen LogP contribution >= 0.6 is 23.9 Å². The number of rotatable bonds is 5. The average Bonchev–Trinajstić information content (AvgIpc) is 3.14. The number of carbonyl (C=O) groups is 1. The van der Waals surface area contributed by atoms with E-state index in [-0.39, 0.29) is 24.2 Å². The van der Waals surface area contributed by atoms with Crippen LogP contribution in [0.25, 0.3) is 33.4 Å². The summed E-state index contributed by atoms with van der Waals surface area (Å²) >= 11 is 1.30. The highest BCUT2D eigenvalue weighted by atomic mass is 35.5. The molecule has 2 N–H and O–H groups in total. The first-order chi connectivity index (χ1) is 14.5. The zero-order valence-electron chi connectivity index (χ0n) is 17.4. The maximum absolute atomic E-state index is 12.7. The number of benzene rings is 1. The molecule has 7 nitrogen and oxygen atoms in total. The molecule has 0 unspecified atom stereocenters. The number of pyridine rings is 1. The van der Waals surface area contributed by atoms with Crippen LogP contribution in [0.3, 0.4) is 0 Å². The standard InChI is InChI=1S/C22H22N6OS.ClH/c1-12-9-15(12)21(29)25-22-19(17-5-4-6-18(24-17)28(2)3)20(27-30-22)13-7-8-16-14(10-13)11-23-26-16;/h4-8,10-12,15H,9H2,1-3H3,(H,23,26)(H,25,29);1H/t12-,15-;/m1./s1. The van der Waals surface area contributed by atoms with Crippen LogP contribution in [0.5, 0.6) is 0 Å². The molecule has 3 aromatic heterocycles. The highest BCUT2D eigenvalue weighted by molar-refractivity contribution is 7.11. The molecule has 1 amide bonds. The molecule has 1 aromatic carbocycles. The van der Waals surface area contributed by atoms with Gasteiger partial charge >= 0.3 is 0 Å². The molecule has 5 rings (SSSR count). The average molecular weight is 455 g/mol. The lowest BCUT2D eigenvalue weighted by atomic mass is 10.0. The van der Waals surface area contributed by atoms with Crippen LogP contribution in [0.1, 0.15) is 13.3 Å². The summed E-state index contributed by atoms with van der Waals surface area (Å²) in [6.45, 7) is 2.10. The van der Waals surface area contributed by atoms with Gasteiger partial charge in [-0.3, -0.25) is 9.89 Å². The van der Waals surface area contributed by atoms with Gasteiger partial charge in [-0.2, -0.15) is 9.47 Å². The third-order valence-electron chi connectivity index (χ3n) is 5.54. The molecule has 1 fully saturated rings. The summed E-state index contributed by atoms with van der Waals surface area (Å²) < 4.78 is 4.72. The predicted molar refractivity (Wildman–Crippen MR) is 128 cm³/mol. The number of fused-ring (bicyclic) bond motifs is 1. The summed E-state index contributed by atoms with van der Waals surface area (Å²) in [5.41, 5.74) is 4.39. The van der Waals surface area contributed by atoms with Gasteiger partial charge in [0.2, 0.25) is 5.91 Å². The van der Waals surface area contributed by atoms with Crippen molar-refractivity contribution in [1.29, 1.82) is 0 Å². The summed E-state index contributed by atoms with van der Waals surface area (Å²) in [4.78, 5) is 19.4. The van der Waals surface area contributed by atoms with E-state index in [2.05, 4.69) is 28.5 Å². The van der Waals surface area contributed by atoms with Crippen LogP contribution in [-0.4, -0.2) is 39.6 Å². The molecular weight excluding hydrogens is 432 g/mol. The van der Waals surface area contributed by atoms with Crippen LogP contribution in [0.2, 0.25) is 0 Å². The van der Waals surface area contributed by atoms with Crippen LogP contribution in [0.4, 0.5) is 10.8 Å². The Hall–Kier alpha value is -2.97. The number of hydrogen-bond acceptors (Lipinski definition) is 6. The molecular formula is C22H23ClN6OS. The van der Waals surface area contributed by atoms with Crippen LogP contribution in [0.15, 0.2) is 42.6 Å². The van der Waals surface area contributed by atoms with Crippen molar-refractivity contribution in [1.82, 2.24) is 19.6 Å². The highest BCUT2D eigenvalue weighted by Crippen LogP contribution is 2.43. The lowest BCUT2D eigenvalue weighted by molar-refractivity contribution is -0.117. The van der Waals surface area contributed by atoms with Gasteiger partial charge in [-0.1, -0.05) is 19.1 Å². The molecule has 1 aliphatic carbocycles. The smallest absolute Gasteiger partial charge is 0.228 e. The summed E-state index contributed by atoms with van der Waals surface area (Å²) in [5.74, 6) is 1.45. The van der Waals surface area contributed by atoms with E-state index in [1.807, 2.05) is 49.3 Å². The maximum Gasteiger partial charge on any atom is 0.228 e. The molecule has 0 spiro atoms. The first kappa shape index (κ1) is 21.3. The third kappa shape index (κ3) is 4.00. The topological polar surface area (TPSA) is 86.8 Å². The van der Waals surface area contributed by atoms with E-state index in [1.165, 1.54) is 11.5 Å². The fraction of sp³-hybridized carbons (Fsp3) is 0.273. The molecule has 2 atom stereocenters. The van der Waals surface area contributed by atoms with Gasteiger partial charge < -0.3 is 10.2 Å². The van der Waals surface area contributed by atoms with Crippen LogP contribution < -0.4 is 10.2 Å². The van der Waals surface area contributed by atoms with Gasteiger partial charge in [-0.05, 0) is 48.1 Å². The second-order valence-electron chi connectivity index (χ2n) is 7.99. The lowest BCUT2D eigenvalue weighted by Gasteiger charge is -2.13. The molecule has 31 heavy (non-hydrogen) atoms. The molecule has 0 bridgehead atoms. The third-order valence-corrected chi connectivity index (χ3v) is 6.30. The number of halogens is 1. The summed E-state index contributed by atoms with van der Waals surface area (Å²) in [6.07, 6.45) is 2.74. The number of nitrogens with one attached hydrogen (secondary N) is 2. The van der Waals surface area contributed by atoms with E-state index < -0.39 is 0 Å². The number of H-pyrrole nitrogens is 1. The Labute approximate surface area is 190 Å². The van der Waals surface area contributed by atoms with Gasteiger partial charge in [0.05, 0.1) is 28.7 Å². The Balaban J connectivity index is 0.00000231. The maximum atomic E-state index is 12.7. The van der Waals surface area contributed by atoms with E-state index in [0.717, 1.165) is 50.7 Å². The van der Waals surface area contributed by atoms with Gasteiger partial charge in [-0.15, -0.1) is 12.4 Å². The van der Waals surface area contributed by atoms with Gasteiger partial charge in [0, 0.05) is 31.0 Å². The van der Waals surface area contributed by atoms with E-state index in [9.17, 15) is 4.79 Å². The van der Waals surface area contributed by atoms with E-state index in [0.29, 0.717) is 5.92 Å². The monoisotopic (exact) mass is 454 g/mol. The van der Waals surface area contributed by atoms with Crippen molar-refractivity contribution in [2.24, 2.45) is 11.8 Å². The first-order valence-corrected chi connectivity index (χ1v) is 10.7. The van der Waals surface area contributed by atoms with Gasteiger partial charge in [0.25, 0.3) is 0 Å². The van der Waals surface area contributed by atoms with Crippen molar-refractivity contribution in [3.63, 3.8) is 0 Å².